The molecule has 0 heterocycles. The molecular weight excluding hydrogens is 222 g/mol. The molecule has 0 radical (unpaired) electrons. The van der Waals surface area contributed by atoms with Gasteiger partial charge in [0.1, 0.15) is 5.75 Å². The van der Waals surface area contributed by atoms with E-state index >= 15 is 0 Å². The lowest BCUT2D eigenvalue weighted by Gasteiger charge is -2.19. The quantitative estimate of drug-likeness (QED) is 0.789. The first-order valence-electron chi connectivity index (χ1n) is 7.03. The Kier molecular flexibility index (Phi) is 6.20. The van der Waals surface area contributed by atoms with E-state index in [9.17, 15) is 0 Å². The van der Waals surface area contributed by atoms with Crippen LogP contribution in [0.5, 0.6) is 5.75 Å². The van der Waals surface area contributed by atoms with E-state index in [4.69, 9.17) is 4.74 Å². The predicted octanol–water partition coefficient (Wildman–Crippen LogP) is 3.97. The fourth-order valence-corrected chi connectivity index (χ4v) is 2.26. The van der Waals surface area contributed by atoms with Crippen LogP contribution in [0.15, 0.2) is 24.3 Å². The highest BCUT2D eigenvalue weighted by Crippen LogP contribution is 2.24. The van der Waals surface area contributed by atoms with Gasteiger partial charge < -0.3 is 10.1 Å². The lowest BCUT2D eigenvalue weighted by Crippen LogP contribution is -2.26. The summed E-state index contributed by atoms with van der Waals surface area (Å²) in [6.07, 6.45) is 1.38. The smallest absolute Gasteiger partial charge is 0.119 e. The van der Waals surface area contributed by atoms with Crippen molar-refractivity contribution in [3.63, 3.8) is 0 Å². The maximum absolute atomic E-state index is 5.74. The fourth-order valence-electron chi connectivity index (χ4n) is 2.26. The van der Waals surface area contributed by atoms with Crippen molar-refractivity contribution in [3.8, 4) is 5.75 Å². The Bertz CT molecular complexity index is 349. The minimum Gasteiger partial charge on any atom is -0.491 e. The van der Waals surface area contributed by atoms with Gasteiger partial charge in [-0.25, -0.2) is 0 Å². The number of ether oxygens (including phenoxy) is 1. The number of hydrogen-bond acceptors (Lipinski definition) is 2. The lowest BCUT2D eigenvalue weighted by molar-refractivity contribution is 0.242. The van der Waals surface area contributed by atoms with Crippen LogP contribution >= 0.6 is 0 Å². The summed E-state index contributed by atoms with van der Waals surface area (Å²) in [6, 6.07) is 9.03. The molecule has 0 fully saturated rings. The molecule has 0 aliphatic heterocycles. The van der Waals surface area contributed by atoms with E-state index in [1.165, 1.54) is 5.56 Å². The van der Waals surface area contributed by atoms with Crippen molar-refractivity contribution in [1.29, 1.82) is 0 Å². The second kappa shape index (κ2) is 7.42. The average molecular weight is 249 g/mol. The van der Waals surface area contributed by atoms with Crippen LogP contribution in [0.1, 0.15) is 52.5 Å². The molecule has 0 aliphatic carbocycles. The molecule has 2 unspecified atom stereocenters. The normalized spacial score (nSPS) is 14.6. The van der Waals surface area contributed by atoms with Crippen molar-refractivity contribution >= 4 is 0 Å². The molecule has 2 heteroatoms. The third kappa shape index (κ3) is 5.09. The van der Waals surface area contributed by atoms with Crippen LogP contribution in [0.4, 0.5) is 0 Å². The van der Waals surface area contributed by atoms with Crippen LogP contribution in [0, 0.1) is 0 Å². The molecule has 2 nitrogen and oxygen atoms in total. The first-order valence-corrected chi connectivity index (χ1v) is 7.03. The predicted molar refractivity (Wildman–Crippen MR) is 78.4 cm³/mol. The van der Waals surface area contributed by atoms with Crippen molar-refractivity contribution in [2.45, 2.75) is 59.1 Å². The van der Waals surface area contributed by atoms with Crippen molar-refractivity contribution in [3.05, 3.63) is 29.8 Å². The highest BCUT2D eigenvalue weighted by molar-refractivity contribution is 5.30. The van der Waals surface area contributed by atoms with E-state index in [0.29, 0.717) is 12.0 Å². The molecule has 1 aromatic carbocycles. The molecule has 0 spiro atoms. The van der Waals surface area contributed by atoms with Crippen molar-refractivity contribution in [2.24, 2.45) is 0 Å². The molecule has 1 rings (SSSR count). The minimum absolute atomic E-state index is 0.233. The van der Waals surface area contributed by atoms with Gasteiger partial charge in [-0.2, -0.15) is 0 Å². The largest absolute Gasteiger partial charge is 0.491 e. The Morgan fingerprint density at radius 2 is 1.89 bits per heavy atom. The second-order valence-electron chi connectivity index (χ2n) is 5.33. The molecule has 102 valence electrons. The zero-order chi connectivity index (χ0) is 13.5. The molecular formula is C16H27NO. The van der Waals surface area contributed by atoms with Crippen LogP contribution in [-0.4, -0.2) is 18.7 Å². The Balaban J connectivity index is 2.64. The van der Waals surface area contributed by atoms with Crippen molar-refractivity contribution < 1.29 is 4.74 Å². The molecule has 0 aliphatic rings. The van der Waals surface area contributed by atoms with Crippen LogP contribution in [0.25, 0.3) is 0 Å². The molecule has 1 N–H and O–H groups in total. The second-order valence-corrected chi connectivity index (χ2v) is 5.33. The average Bonchev–Trinajstić information content (AvgIpc) is 2.28. The SMILES string of the molecule is CCNC(C)CC(C)c1cccc(OC(C)C)c1. The summed E-state index contributed by atoms with van der Waals surface area (Å²) in [5.41, 5.74) is 1.36. The van der Waals surface area contributed by atoms with E-state index in [1.54, 1.807) is 0 Å². The van der Waals surface area contributed by atoms with Gasteiger partial charge in [-0.05, 0) is 57.4 Å². The summed E-state index contributed by atoms with van der Waals surface area (Å²) in [4.78, 5) is 0. The van der Waals surface area contributed by atoms with E-state index < -0.39 is 0 Å². The van der Waals surface area contributed by atoms with Gasteiger partial charge in [-0.15, -0.1) is 0 Å². The van der Waals surface area contributed by atoms with Gasteiger partial charge >= 0.3 is 0 Å². The Morgan fingerprint density at radius 3 is 2.50 bits per heavy atom. The van der Waals surface area contributed by atoms with Gasteiger partial charge in [0.2, 0.25) is 0 Å². The Hall–Kier alpha value is -1.02. The van der Waals surface area contributed by atoms with Gasteiger partial charge in [-0.3, -0.25) is 0 Å². The lowest BCUT2D eigenvalue weighted by atomic mass is 9.94. The number of rotatable bonds is 7. The van der Waals surface area contributed by atoms with Crippen molar-refractivity contribution in [1.82, 2.24) is 5.32 Å². The molecule has 0 saturated heterocycles. The zero-order valence-electron chi connectivity index (χ0n) is 12.4. The third-order valence-corrected chi connectivity index (χ3v) is 3.06. The van der Waals surface area contributed by atoms with Gasteiger partial charge in [0.25, 0.3) is 0 Å². The summed E-state index contributed by atoms with van der Waals surface area (Å²) in [5.74, 6) is 1.53. The number of hydrogen-bond donors (Lipinski definition) is 1. The van der Waals surface area contributed by atoms with Crippen LogP contribution in [-0.2, 0) is 0 Å². The molecule has 0 aromatic heterocycles. The van der Waals surface area contributed by atoms with E-state index in [1.807, 2.05) is 6.07 Å². The van der Waals surface area contributed by atoms with Gasteiger partial charge in [0.15, 0.2) is 0 Å². The summed E-state index contributed by atoms with van der Waals surface area (Å²) in [5, 5.41) is 3.46. The summed E-state index contributed by atoms with van der Waals surface area (Å²) in [6.45, 7) is 11.8. The maximum atomic E-state index is 5.74. The molecule has 1 aromatic rings. The Labute approximate surface area is 112 Å². The number of nitrogens with one attached hydrogen (secondary N) is 1. The van der Waals surface area contributed by atoms with Crippen molar-refractivity contribution in [2.75, 3.05) is 6.54 Å². The zero-order valence-corrected chi connectivity index (χ0v) is 12.4. The number of benzene rings is 1. The van der Waals surface area contributed by atoms with E-state index in [0.717, 1.165) is 18.7 Å². The van der Waals surface area contributed by atoms with Gasteiger partial charge in [0, 0.05) is 6.04 Å². The summed E-state index contributed by atoms with van der Waals surface area (Å²) >= 11 is 0. The molecule has 0 saturated carbocycles. The van der Waals surface area contributed by atoms with Gasteiger partial charge in [-0.1, -0.05) is 26.0 Å². The van der Waals surface area contributed by atoms with Crippen LogP contribution in [0.3, 0.4) is 0 Å². The van der Waals surface area contributed by atoms with Crippen LogP contribution in [0.2, 0.25) is 0 Å². The monoisotopic (exact) mass is 249 g/mol. The standard InChI is InChI=1S/C16H27NO/c1-6-17-14(5)10-13(4)15-8-7-9-16(11-15)18-12(2)3/h7-9,11-14,17H,6,10H2,1-5H3. The first kappa shape index (κ1) is 15.0. The van der Waals surface area contributed by atoms with E-state index in [2.05, 4.69) is 58.1 Å². The van der Waals surface area contributed by atoms with Crippen LogP contribution < -0.4 is 10.1 Å². The minimum atomic E-state index is 0.233. The molecule has 0 bridgehead atoms. The first-order chi connectivity index (χ1) is 8.52. The van der Waals surface area contributed by atoms with Gasteiger partial charge in [0.05, 0.1) is 6.10 Å². The topological polar surface area (TPSA) is 21.3 Å². The van der Waals surface area contributed by atoms with E-state index in [-0.39, 0.29) is 6.10 Å². The maximum Gasteiger partial charge on any atom is 0.119 e. The summed E-state index contributed by atoms with van der Waals surface area (Å²) in [7, 11) is 0. The fraction of sp³-hybridized carbons (Fsp3) is 0.625. The molecule has 2 atom stereocenters. The third-order valence-electron chi connectivity index (χ3n) is 3.06. The Morgan fingerprint density at radius 1 is 1.17 bits per heavy atom. The summed E-state index contributed by atoms with van der Waals surface area (Å²) < 4.78 is 5.74. The molecule has 18 heavy (non-hydrogen) atoms. The highest BCUT2D eigenvalue weighted by atomic mass is 16.5. The molecule has 0 amide bonds. The highest BCUT2D eigenvalue weighted by Gasteiger charge is 2.11.